The van der Waals surface area contributed by atoms with E-state index in [4.69, 9.17) is 9.47 Å². The number of ether oxygens (including phenoxy) is 2. The van der Waals surface area contributed by atoms with E-state index in [-0.39, 0.29) is 6.10 Å². The van der Waals surface area contributed by atoms with Crippen molar-refractivity contribution >= 4 is 6.16 Å². The Balaban J connectivity index is 4.61. The second kappa shape index (κ2) is 36.0. The van der Waals surface area contributed by atoms with Crippen molar-refractivity contribution in [2.75, 3.05) is 39.3 Å². The summed E-state index contributed by atoms with van der Waals surface area (Å²) < 4.78 is 11.4. The molecule has 0 fully saturated rings. The third kappa shape index (κ3) is 30.1. The predicted octanol–water partition coefficient (Wildman–Crippen LogP) is 13.4. The molecule has 288 valence electrons. The number of carbonyl (C=O) groups excluding carboxylic acids is 1. The van der Waals surface area contributed by atoms with Crippen molar-refractivity contribution in [3.8, 4) is 0 Å². The summed E-state index contributed by atoms with van der Waals surface area (Å²) in [4.78, 5) is 17.6. The summed E-state index contributed by atoms with van der Waals surface area (Å²) in [5, 5.41) is 0. The van der Waals surface area contributed by atoms with E-state index in [0.29, 0.717) is 12.6 Å². The molecular weight excluding hydrogens is 592 g/mol. The van der Waals surface area contributed by atoms with Gasteiger partial charge in [-0.2, -0.15) is 0 Å². The molecule has 0 aliphatic rings. The molecule has 0 bridgehead atoms. The molecular formula is C43H88N2O3. The van der Waals surface area contributed by atoms with Crippen LogP contribution in [0.3, 0.4) is 0 Å². The van der Waals surface area contributed by atoms with Crippen LogP contribution < -0.4 is 0 Å². The summed E-state index contributed by atoms with van der Waals surface area (Å²) in [5.74, 6) is 0.914. The van der Waals surface area contributed by atoms with Crippen molar-refractivity contribution in [1.82, 2.24) is 9.80 Å². The minimum atomic E-state index is -0.479. The van der Waals surface area contributed by atoms with Gasteiger partial charge in [-0.25, -0.2) is 4.79 Å². The van der Waals surface area contributed by atoms with Gasteiger partial charge in [-0.3, -0.25) is 4.90 Å². The second-order valence-electron chi connectivity index (χ2n) is 15.2. The van der Waals surface area contributed by atoms with E-state index in [9.17, 15) is 4.79 Å². The summed E-state index contributed by atoms with van der Waals surface area (Å²) in [6.45, 7) is 21.4. The zero-order chi connectivity index (χ0) is 35.5. The third-order valence-corrected chi connectivity index (χ3v) is 10.5. The van der Waals surface area contributed by atoms with Gasteiger partial charge in [-0.15, -0.1) is 0 Å². The number of carbonyl (C=O) groups is 1. The van der Waals surface area contributed by atoms with Crippen molar-refractivity contribution < 1.29 is 14.3 Å². The Hall–Kier alpha value is -0.810. The summed E-state index contributed by atoms with van der Waals surface area (Å²) in [7, 11) is 0. The van der Waals surface area contributed by atoms with Crippen LogP contribution in [-0.2, 0) is 9.47 Å². The zero-order valence-corrected chi connectivity index (χ0v) is 34.0. The molecule has 0 aliphatic heterocycles. The molecule has 1 unspecified atom stereocenters. The summed E-state index contributed by atoms with van der Waals surface area (Å²) in [6.07, 6.45) is 33.9. The SMILES string of the molecule is CCCCCCCCCC(CCCCCCCCC)CCCN(CC)CCN(CCOC(=O)OC(CCCC)CCCCCC)C(C)C. The fourth-order valence-corrected chi connectivity index (χ4v) is 7.05. The highest BCUT2D eigenvalue weighted by Crippen LogP contribution is 2.24. The van der Waals surface area contributed by atoms with Crippen molar-refractivity contribution in [3.63, 3.8) is 0 Å². The topological polar surface area (TPSA) is 42.0 Å². The number of unbranched alkanes of at least 4 members (excludes halogenated alkanes) is 16. The van der Waals surface area contributed by atoms with Crippen LogP contribution in [0.1, 0.15) is 215 Å². The summed E-state index contributed by atoms with van der Waals surface area (Å²) in [6, 6.07) is 0.424. The molecule has 0 amide bonds. The maximum Gasteiger partial charge on any atom is 0.508 e. The van der Waals surface area contributed by atoms with E-state index in [1.807, 2.05) is 0 Å². The van der Waals surface area contributed by atoms with Gasteiger partial charge in [0, 0.05) is 25.7 Å². The minimum absolute atomic E-state index is 0.000632. The van der Waals surface area contributed by atoms with Crippen LogP contribution in [-0.4, -0.2) is 67.4 Å². The maximum atomic E-state index is 12.5. The van der Waals surface area contributed by atoms with E-state index >= 15 is 0 Å². The molecule has 0 N–H and O–H groups in total. The number of likely N-dealkylation sites (N-methyl/N-ethyl adjacent to an activating group) is 1. The van der Waals surface area contributed by atoms with Crippen molar-refractivity contribution in [1.29, 1.82) is 0 Å². The Morgan fingerprint density at radius 3 is 1.48 bits per heavy atom. The van der Waals surface area contributed by atoms with Gasteiger partial charge >= 0.3 is 6.16 Å². The number of hydrogen-bond acceptors (Lipinski definition) is 5. The first-order valence-electron chi connectivity index (χ1n) is 21.7. The van der Waals surface area contributed by atoms with Gasteiger partial charge in [0.15, 0.2) is 0 Å². The van der Waals surface area contributed by atoms with Crippen LogP contribution in [0.2, 0.25) is 0 Å². The Morgan fingerprint density at radius 1 is 0.500 bits per heavy atom. The standard InChI is InChI=1S/C43H88N2O3/c1-8-13-17-20-22-24-26-30-41(31-27-25-23-21-18-14-9-2)32-29-35-44(12-5)36-37-45(40(6)7)38-39-47-43(46)48-42(33-16-11-4)34-28-19-15-10-3/h40-42H,8-39H2,1-7H3. The summed E-state index contributed by atoms with van der Waals surface area (Å²) in [5.41, 5.74) is 0. The van der Waals surface area contributed by atoms with Gasteiger partial charge in [-0.1, -0.05) is 169 Å². The predicted molar refractivity (Wildman–Crippen MR) is 211 cm³/mol. The molecule has 0 aromatic carbocycles. The molecule has 0 aromatic heterocycles. The summed E-state index contributed by atoms with van der Waals surface area (Å²) >= 11 is 0. The van der Waals surface area contributed by atoms with Crippen LogP contribution in [0, 0.1) is 5.92 Å². The van der Waals surface area contributed by atoms with Crippen LogP contribution in [0.15, 0.2) is 0 Å². The van der Waals surface area contributed by atoms with Gasteiger partial charge in [0.05, 0.1) is 0 Å². The molecule has 0 aliphatic carbocycles. The maximum absolute atomic E-state index is 12.5. The molecule has 0 saturated heterocycles. The molecule has 0 rings (SSSR count). The number of hydrogen-bond donors (Lipinski definition) is 0. The first kappa shape index (κ1) is 47.2. The minimum Gasteiger partial charge on any atom is -0.433 e. The van der Waals surface area contributed by atoms with Crippen LogP contribution >= 0.6 is 0 Å². The molecule has 0 spiro atoms. The molecule has 0 saturated carbocycles. The molecule has 0 heterocycles. The Kier molecular flexibility index (Phi) is 35.4. The lowest BCUT2D eigenvalue weighted by molar-refractivity contribution is 0.0101. The van der Waals surface area contributed by atoms with Crippen LogP contribution in [0.5, 0.6) is 0 Å². The lowest BCUT2D eigenvalue weighted by Crippen LogP contribution is -2.41. The molecule has 5 heteroatoms. The van der Waals surface area contributed by atoms with Gasteiger partial charge in [0.1, 0.15) is 12.7 Å². The molecule has 1 atom stereocenters. The molecule has 0 aromatic rings. The van der Waals surface area contributed by atoms with Gasteiger partial charge in [0.2, 0.25) is 0 Å². The van der Waals surface area contributed by atoms with Crippen LogP contribution in [0.25, 0.3) is 0 Å². The lowest BCUT2D eigenvalue weighted by atomic mass is 9.90. The average molecular weight is 681 g/mol. The van der Waals surface area contributed by atoms with E-state index in [0.717, 1.165) is 64.2 Å². The zero-order valence-electron chi connectivity index (χ0n) is 34.0. The highest BCUT2D eigenvalue weighted by Gasteiger charge is 2.17. The average Bonchev–Trinajstić information content (AvgIpc) is 3.08. The Labute approximate surface area is 302 Å². The van der Waals surface area contributed by atoms with E-state index < -0.39 is 6.16 Å². The number of rotatable bonds is 37. The van der Waals surface area contributed by atoms with Gasteiger partial charge in [-0.05, 0) is 65.0 Å². The first-order valence-corrected chi connectivity index (χ1v) is 21.7. The largest absolute Gasteiger partial charge is 0.508 e. The van der Waals surface area contributed by atoms with E-state index in [2.05, 4.69) is 58.3 Å². The van der Waals surface area contributed by atoms with Gasteiger partial charge in [0.25, 0.3) is 0 Å². The fraction of sp³-hybridized carbons (Fsp3) is 0.977. The third-order valence-electron chi connectivity index (χ3n) is 10.5. The smallest absolute Gasteiger partial charge is 0.433 e. The van der Waals surface area contributed by atoms with Crippen molar-refractivity contribution in [3.05, 3.63) is 0 Å². The van der Waals surface area contributed by atoms with Crippen LogP contribution in [0.4, 0.5) is 4.79 Å². The van der Waals surface area contributed by atoms with Gasteiger partial charge < -0.3 is 14.4 Å². The van der Waals surface area contributed by atoms with E-state index in [1.54, 1.807) is 0 Å². The number of nitrogens with zero attached hydrogens (tertiary/aromatic N) is 2. The monoisotopic (exact) mass is 681 g/mol. The molecule has 0 radical (unpaired) electrons. The Morgan fingerprint density at radius 2 is 0.958 bits per heavy atom. The van der Waals surface area contributed by atoms with E-state index in [1.165, 1.54) is 141 Å². The Bertz CT molecular complexity index is 640. The molecule has 48 heavy (non-hydrogen) atoms. The van der Waals surface area contributed by atoms with Crippen molar-refractivity contribution in [2.24, 2.45) is 5.92 Å². The second-order valence-corrected chi connectivity index (χ2v) is 15.2. The molecule has 5 nitrogen and oxygen atoms in total. The first-order chi connectivity index (χ1) is 23.4. The highest BCUT2D eigenvalue weighted by molar-refractivity contribution is 5.60. The quantitative estimate of drug-likeness (QED) is 0.0482. The lowest BCUT2D eigenvalue weighted by Gasteiger charge is -2.30. The normalized spacial score (nSPS) is 12.6. The van der Waals surface area contributed by atoms with Crippen molar-refractivity contribution in [2.45, 2.75) is 228 Å². The fourth-order valence-electron chi connectivity index (χ4n) is 7.05. The highest BCUT2D eigenvalue weighted by atomic mass is 16.7.